The second-order valence-corrected chi connectivity index (χ2v) is 9.35. The number of hydrogen-bond acceptors (Lipinski definition) is 5. The van der Waals surface area contributed by atoms with E-state index in [4.69, 9.17) is 4.42 Å². The molecular weight excluding hydrogens is 440 g/mol. The van der Waals surface area contributed by atoms with E-state index in [1.165, 1.54) is 28.5 Å². The van der Waals surface area contributed by atoms with Gasteiger partial charge in [0.05, 0.1) is 6.54 Å². The lowest BCUT2D eigenvalue weighted by Gasteiger charge is -2.33. The summed E-state index contributed by atoms with van der Waals surface area (Å²) in [5.41, 5.74) is 5.28. The average Bonchev–Trinajstić information content (AvgIpc) is 3.33. The highest BCUT2D eigenvalue weighted by atomic mass is 16.3. The second kappa shape index (κ2) is 10.9. The number of aromatic nitrogens is 1. The van der Waals surface area contributed by atoms with Crippen LogP contribution in [0.15, 0.2) is 59.2 Å². The number of oxazole rings is 1. The van der Waals surface area contributed by atoms with E-state index >= 15 is 0 Å². The lowest BCUT2D eigenvalue weighted by atomic mass is 10.0. The van der Waals surface area contributed by atoms with Crippen LogP contribution in [-0.4, -0.2) is 57.7 Å². The third-order valence-corrected chi connectivity index (χ3v) is 6.82. The number of rotatable bonds is 7. The average molecular weight is 475 g/mol. The van der Waals surface area contributed by atoms with E-state index in [1.54, 1.807) is 16.7 Å². The Kier molecular flexibility index (Phi) is 7.66. The van der Waals surface area contributed by atoms with E-state index in [2.05, 4.69) is 73.1 Å². The Labute approximate surface area is 207 Å². The highest BCUT2D eigenvalue weighted by molar-refractivity contribution is 5.92. The Bertz CT molecular complexity index is 1170. The molecular formula is C28H34N4O3. The maximum absolute atomic E-state index is 13.0. The van der Waals surface area contributed by atoms with Gasteiger partial charge in [-0.3, -0.25) is 14.5 Å². The van der Waals surface area contributed by atoms with Gasteiger partial charge in [0.1, 0.15) is 6.26 Å². The summed E-state index contributed by atoms with van der Waals surface area (Å²) in [5, 5.41) is 0. The van der Waals surface area contributed by atoms with Crippen molar-refractivity contribution in [1.29, 1.82) is 0 Å². The highest BCUT2D eigenvalue weighted by Gasteiger charge is 2.26. The molecule has 2 aromatic carbocycles. The van der Waals surface area contributed by atoms with E-state index in [-0.39, 0.29) is 17.9 Å². The predicted molar refractivity (Wildman–Crippen MR) is 135 cm³/mol. The summed E-state index contributed by atoms with van der Waals surface area (Å²) in [5.74, 6) is 0.403. The maximum Gasteiger partial charge on any atom is 0.275 e. The maximum atomic E-state index is 13.0. The van der Waals surface area contributed by atoms with Crippen LogP contribution in [0.4, 0.5) is 0 Å². The lowest BCUT2D eigenvalue weighted by Crippen LogP contribution is -2.50. The molecule has 184 valence electrons. The molecule has 0 bridgehead atoms. The summed E-state index contributed by atoms with van der Waals surface area (Å²) in [7, 11) is 0. The molecule has 2 heterocycles. The third-order valence-electron chi connectivity index (χ3n) is 6.82. The Balaban J connectivity index is 1.50. The van der Waals surface area contributed by atoms with Crippen molar-refractivity contribution in [2.24, 2.45) is 0 Å². The molecule has 0 unspecified atom stereocenters. The first-order valence-electron chi connectivity index (χ1n) is 12.2. The number of aryl methyl sites for hydroxylation is 2. The van der Waals surface area contributed by atoms with Crippen molar-refractivity contribution < 1.29 is 14.0 Å². The van der Waals surface area contributed by atoms with Crippen molar-refractivity contribution >= 4 is 11.8 Å². The van der Waals surface area contributed by atoms with Gasteiger partial charge >= 0.3 is 0 Å². The van der Waals surface area contributed by atoms with Crippen molar-refractivity contribution in [2.75, 3.05) is 26.2 Å². The largest absolute Gasteiger partial charge is 0.447 e. The van der Waals surface area contributed by atoms with Crippen LogP contribution in [0.5, 0.6) is 0 Å². The van der Waals surface area contributed by atoms with Crippen LogP contribution >= 0.6 is 0 Å². The molecule has 4 rings (SSSR count). The number of piperazine rings is 1. The summed E-state index contributed by atoms with van der Waals surface area (Å²) in [6, 6.07) is 17.0. The zero-order chi connectivity index (χ0) is 24.9. The van der Waals surface area contributed by atoms with Gasteiger partial charge in [0.15, 0.2) is 5.69 Å². The molecule has 35 heavy (non-hydrogen) atoms. The molecule has 0 aliphatic carbocycles. The zero-order valence-electron chi connectivity index (χ0n) is 21.0. The number of amides is 2. The van der Waals surface area contributed by atoms with Crippen LogP contribution in [-0.2, 0) is 17.9 Å². The van der Waals surface area contributed by atoms with Crippen LogP contribution in [0, 0.1) is 13.8 Å². The molecule has 2 amide bonds. The highest BCUT2D eigenvalue weighted by Crippen LogP contribution is 2.26. The number of carbonyl (C=O) groups is 2. The Morgan fingerprint density at radius 1 is 1.00 bits per heavy atom. The number of benzene rings is 2. The first-order valence-corrected chi connectivity index (χ1v) is 12.2. The van der Waals surface area contributed by atoms with Crippen LogP contribution in [0.1, 0.15) is 58.5 Å². The van der Waals surface area contributed by atoms with E-state index in [1.807, 2.05) is 6.07 Å². The van der Waals surface area contributed by atoms with Gasteiger partial charge in [-0.2, -0.15) is 0 Å². The molecule has 3 aromatic rings. The van der Waals surface area contributed by atoms with E-state index in [0.717, 1.165) is 6.54 Å². The van der Waals surface area contributed by atoms with Crippen LogP contribution in [0.25, 0.3) is 0 Å². The first kappa shape index (κ1) is 24.7. The van der Waals surface area contributed by atoms with Crippen LogP contribution in [0.3, 0.4) is 0 Å². The molecule has 1 aromatic heterocycles. The zero-order valence-corrected chi connectivity index (χ0v) is 21.0. The molecule has 1 saturated heterocycles. The van der Waals surface area contributed by atoms with Gasteiger partial charge in [0, 0.05) is 45.7 Å². The standard InChI is InChI=1S/C28H34N4O3/c1-20-10-11-25(21(2)16-20)17-32(22(3)24-8-6-5-7-9-24)18-27-29-26(19-35-27)28(34)31-14-12-30(13-15-31)23(4)33/h5-11,16,19,22H,12-15,17-18H2,1-4H3/t22-/m0/s1. The minimum atomic E-state index is -0.153. The second-order valence-electron chi connectivity index (χ2n) is 9.35. The van der Waals surface area contributed by atoms with Gasteiger partial charge in [-0.1, -0.05) is 54.1 Å². The SMILES string of the molecule is CC(=O)N1CCN(C(=O)c2coc(CN(Cc3ccc(C)cc3C)[C@@H](C)c3ccccc3)n2)CC1. The van der Waals surface area contributed by atoms with Crippen molar-refractivity contribution in [2.45, 2.75) is 46.8 Å². The number of hydrogen-bond donors (Lipinski definition) is 0. The molecule has 1 aliphatic rings. The summed E-state index contributed by atoms with van der Waals surface area (Å²) >= 11 is 0. The van der Waals surface area contributed by atoms with E-state index in [9.17, 15) is 9.59 Å². The third kappa shape index (κ3) is 5.98. The summed E-state index contributed by atoms with van der Waals surface area (Å²) in [6.45, 7) is 11.3. The normalized spacial score (nSPS) is 14.9. The molecule has 7 nitrogen and oxygen atoms in total. The first-order chi connectivity index (χ1) is 16.8. The Morgan fingerprint density at radius 2 is 1.69 bits per heavy atom. The molecule has 0 saturated carbocycles. The quantitative estimate of drug-likeness (QED) is 0.509. The summed E-state index contributed by atoms with van der Waals surface area (Å²) < 4.78 is 5.77. The Morgan fingerprint density at radius 3 is 2.34 bits per heavy atom. The molecule has 0 N–H and O–H groups in total. The van der Waals surface area contributed by atoms with Gasteiger partial charge < -0.3 is 14.2 Å². The van der Waals surface area contributed by atoms with Gasteiger partial charge in [0.2, 0.25) is 11.8 Å². The molecule has 1 atom stereocenters. The van der Waals surface area contributed by atoms with Crippen LogP contribution < -0.4 is 0 Å². The smallest absolute Gasteiger partial charge is 0.275 e. The van der Waals surface area contributed by atoms with Crippen LogP contribution in [0.2, 0.25) is 0 Å². The van der Waals surface area contributed by atoms with E-state index < -0.39 is 0 Å². The molecule has 0 spiro atoms. The molecule has 0 radical (unpaired) electrons. The number of carbonyl (C=O) groups excluding carboxylic acids is 2. The fourth-order valence-electron chi connectivity index (χ4n) is 4.56. The van der Waals surface area contributed by atoms with Gasteiger partial charge in [-0.25, -0.2) is 4.98 Å². The predicted octanol–water partition coefficient (Wildman–Crippen LogP) is 4.36. The lowest BCUT2D eigenvalue weighted by molar-refractivity contribution is -0.130. The molecule has 1 fully saturated rings. The molecule has 1 aliphatic heterocycles. The van der Waals surface area contributed by atoms with Gasteiger partial charge in [0.25, 0.3) is 5.91 Å². The van der Waals surface area contributed by atoms with E-state index in [0.29, 0.717) is 44.3 Å². The number of nitrogens with zero attached hydrogens (tertiary/aromatic N) is 4. The Hall–Kier alpha value is -3.45. The van der Waals surface area contributed by atoms with Gasteiger partial charge in [-0.05, 0) is 37.5 Å². The monoisotopic (exact) mass is 474 g/mol. The van der Waals surface area contributed by atoms with Crippen molar-refractivity contribution in [1.82, 2.24) is 19.7 Å². The minimum absolute atomic E-state index is 0.0391. The topological polar surface area (TPSA) is 69.9 Å². The van der Waals surface area contributed by atoms with Crippen molar-refractivity contribution in [3.63, 3.8) is 0 Å². The summed E-state index contributed by atoms with van der Waals surface area (Å²) in [4.78, 5) is 34.9. The fraction of sp³-hybridized carbons (Fsp3) is 0.393. The fourth-order valence-corrected chi connectivity index (χ4v) is 4.56. The van der Waals surface area contributed by atoms with Gasteiger partial charge in [-0.15, -0.1) is 0 Å². The molecule has 7 heteroatoms. The summed E-state index contributed by atoms with van der Waals surface area (Å²) in [6.07, 6.45) is 1.46. The van der Waals surface area contributed by atoms with Crippen molar-refractivity contribution in [3.05, 3.63) is 88.6 Å². The minimum Gasteiger partial charge on any atom is -0.447 e. The van der Waals surface area contributed by atoms with Crippen molar-refractivity contribution in [3.8, 4) is 0 Å².